The van der Waals surface area contributed by atoms with Crippen LogP contribution in [0.15, 0.2) is 27.5 Å². The van der Waals surface area contributed by atoms with Crippen LogP contribution in [0.5, 0.6) is 0 Å². The van der Waals surface area contributed by atoms with Crippen molar-refractivity contribution in [2.75, 3.05) is 6.61 Å². The Morgan fingerprint density at radius 2 is 2.38 bits per heavy atom. The topological polar surface area (TPSA) is 65.5 Å². The summed E-state index contributed by atoms with van der Waals surface area (Å²) in [6.45, 7) is 3.73. The van der Waals surface area contributed by atoms with Crippen LogP contribution in [0.2, 0.25) is 0 Å². The highest BCUT2D eigenvalue weighted by Crippen LogP contribution is 2.26. The molecule has 2 aromatic heterocycles. The van der Waals surface area contributed by atoms with Crippen LogP contribution in [-0.2, 0) is 4.74 Å². The van der Waals surface area contributed by atoms with Crippen molar-refractivity contribution < 1.29 is 18.5 Å². The van der Waals surface area contributed by atoms with Crippen molar-refractivity contribution in [1.82, 2.24) is 5.16 Å². The molecule has 0 atom stereocenters. The van der Waals surface area contributed by atoms with Gasteiger partial charge in [0.05, 0.1) is 19.1 Å². The first-order chi connectivity index (χ1) is 7.74. The summed E-state index contributed by atoms with van der Waals surface area (Å²) < 4.78 is 14.9. The molecule has 0 radical (unpaired) electrons. The molecule has 2 heterocycles. The van der Waals surface area contributed by atoms with Crippen molar-refractivity contribution in [2.45, 2.75) is 13.8 Å². The summed E-state index contributed by atoms with van der Waals surface area (Å²) in [4.78, 5) is 11.7. The van der Waals surface area contributed by atoms with Gasteiger partial charge in [-0.3, -0.25) is 0 Å². The lowest BCUT2D eigenvalue weighted by Crippen LogP contribution is -2.06. The minimum atomic E-state index is -0.433. The van der Waals surface area contributed by atoms with Gasteiger partial charge in [-0.2, -0.15) is 0 Å². The number of carbonyl (C=O) groups excluding carboxylic acids is 1. The van der Waals surface area contributed by atoms with Crippen LogP contribution in [0.4, 0.5) is 0 Å². The van der Waals surface area contributed by atoms with Crippen LogP contribution in [-0.4, -0.2) is 17.7 Å². The van der Waals surface area contributed by atoms with Gasteiger partial charge in [-0.25, -0.2) is 4.79 Å². The molecule has 0 saturated heterocycles. The molecule has 0 aromatic carbocycles. The number of esters is 1. The number of hydrogen-bond donors (Lipinski definition) is 0. The Morgan fingerprint density at radius 3 is 3.00 bits per heavy atom. The molecule has 0 bridgehead atoms. The molecule has 16 heavy (non-hydrogen) atoms. The van der Waals surface area contributed by atoms with Gasteiger partial charge < -0.3 is 13.7 Å². The molecule has 5 nitrogen and oxygen atoms in total. The standard InChI is InChI=1S/C11H11NO4/c1-3-15-11(13)9-7(2)16-12-10(9)8-4-5-14-6-8/h4-6H,3H2,1-2H3. The number of furan rings is 1. The maximum absolute atomic E-state index is 11.7. The number of rotatable bonds is 3. The van der Waals surface area contributed by atoms with Gasteiger partial charge in [0.1, 0.15) is 17.0 Å². The van der Waals surface area contributed by atoms with Crippen molar-refractivity contribution in [3.63, 3.8) is 0 Å². The number of hydrogen-bond acceptors (Lipinski definition) is 5. The molecule has 0 aliphatic heterocycles. The van der Waals surface area contributed by atoms with Crippen LogP contribution in [0.3, 0.4) is 0 Å². The molecule has 0 amide bonds. The number of ether oxygens (including phenoxy) is 1. The smallest absolute Gasteiger partial charge is 0.344 e. The lowest BCUT2D eigenvalue weighted by molar-refractivity contribution is 0.0525. The van der Waals surface area contributed by atoms with Crippen molar-refractivity contribution in [2.24, 2.45) is 0 Å². The Balaban J connectivity index is 2.44. The summed E-state index contributed by atoms with van der Waals surface area (Å²) in [6.07, 6.45) is 3.01. The van der Waals surface area contributed by atoms with E-state index in [-0.39, 0.29) is 0 Å². The fourth-order valence-electron chi connectivity index (χ4n) is 1.41. The second-order valence-corrected chi connectivity index (χ2v) is 3.19. The predicted octanol–water partition coefficient (Wildman–Crippen LogP) is 2.42. The Labute approximate surface area is 92.0 Å². The van der Waals surface area contributed by atoms with E-state index in [0.29, 0.717) is 29.2 Å². The Hall–Kier alpha value is -2.04. The van der Waals surface area contributed by atoms with Crippen molar-refractivity contribution in [3.05, 3.63) is 29.9 Å². The molecule has 84 valence electrons. The van der Waals surface area contributed by atoms with Gasteiger partial charge in [-0.1, -0.05) is 5.16 Å². The first kappa shape index (κ1) is 10.5. The van der Waals surface area contributed by atoms with Gasteiger partial charge in [0.2, 0.25) is 0 Å². The van der Waals surface area contributed by atoms with E-state index >= 15 is 0 Å². The summed E-state index contributed by atoms with van der Waals surface area (Å²) in [5.74, 6) is 0.00657. The van der Waals surface area contributed by atoms with E-state index in [0.717, 1.165) is 0 Å². The molecule has 0 aliphatic rings. The monoisotopic (exact) mass is 221 g/mol. The van der Waals surface area contributed by atoms with E-state index in [2.05, 4.69) is 5.16 Å². The molecule has 5 heteroatoms. The summed E-state index contributed by atoms with van der Waals surface area (Å²) in [6, 6.07) is 1.71. The molecular formula is C11H11NO4. The minimum absolute atomic E-state index is 0.314. The average molecular weight is 221 g/mol. The van der Waals surface area contributed by atoms with E-state index in [1.165, 1.54) is 12.5 Å². The van der Waals surface area contributed by atoms with Crippen LogP contribution in [0.25, 0.3) is 11.3 Å². The third-order valence-electron chi connectivity index (χ3n) is 2.14. The van der Waals surface area contributed by atoms with E-state index in [1.54, 1.807) is 19.9 Å². The third kappa shape index (κ3) is 1.71. The fourth-order valence-corrected chi connectivity index (χ4v) is 1.41. The number of aromatic nitrogens is 1. The summed E-state index contributed by atoms with van der Waals surface area (Å²) in [7, 11) is 0. The normalized spacial score (nSPS) is 10.4. The van der Waals surface area contributed by atoms with Crippen LogP contribution >= 0.6 is 0 Å². The highest BCUT2D eigenvalue weighted by Gasteiger charge is 2.22. The van der Waals surface area contributed by atoms with E-state index in [9.17, 15) is 4.79 Å². The van der Waals surface area contributed by atoms with Crippen LogP contribution in [0, 0.1) is 6.92 Å². The first-order valence-corrected chi connectivity index (χ1v) is 4.90. The molecule has 0 spiro atoms. The molecule has 0 N–H and O–H groups in total. The fraction of sp³-hybridized carbons (Fsp3) is 0.273. The molecule has 0 aliphatic carbocycles. The van der Waals surface area contributed by atoms with Crippen molar-refractivity contribution in [3.8, 4) is 11.3 Å². The molecule has 2 rings (SSSR count). The Kier molecular flexibility index (Phi) is 2.76. The zero-order chi connectivity index (χ0) is 11.5. The Bertz CT molecular complexity index is 484. The van der Waals surface area contributed by atoms with E-state index in [4.69, 9.17) is 13.7 Å². The molecule has 0 unspecified atom stereocenters. The van der Waals surface area contributed by atoms with E-state index < -0.39 is 5.97 Å². The molecular weight excluding hydrogens is 210 g/mol. The molecule has 0 fully saturated rings. The second-order valence-electron chi connectivity index (χ2n) is 3.19. The lowest BCUT2D eigenvalue weighted by Gasteiger charge is -2.00. The van der Waals surface area contributed by atoms with Crippen molar-refractivity contribution >= 4 is 5.97 Å². The minimum Gasteiger partial charge on any atom is -0.472 e. The summed E-state index contributed by atoms with van der Waals surface area (Å²) in [5, 5.41) is 3.83. The third-order valence-corrected chi connectivity index (χ3v) is 2.14. The maximum Gasteiger partial charge on any atom is 0.344 e. The largest absolute Gasteiger partial charge is 0.472 e. The molecule has 0 saturated carbocycles. The zero-order valence-electron chi connectivity index (χ0n) is 9.02. The maximum atomic E-state index is 11.7. The van der Waals surface area contributed by atoms with Gasteiger partial charge in [0, 0.05) is 5.56 Å². The van der Waals surface area contributed by atoms with Gasteiger partial charge in [0.25, 0.3) is 0 Å². The zero-order valence-corrected chi connectivity index (χ0v) is 9.02. The molecule has 2 aromatic rings. The van der Waals surface area contributed by atoms with Gasteiger partial charge >= 0.3 is 5.97 Å². The highest BCUT2D eigenvalue weighted by molar-refractivity contribution is 5.96. The second kappa shape index (κ2) is 4.22. The van der Waals surface area contributed by atoms with Crippen LogP contribution in [0.1, 0.15) is 23.0 Å². The number of aryl methyl sites for hydroxylation is 1. The summed E-state index contributed by atoms with van der Waals surface area (Å²) >= 11 is 0. The average Bonchev–Trinajstić information content (AvgIpc) is 2.86. The highest BCUT2D eigenvalue weighted by atomic mass is 16.5. The first-order valence-electron chi connectivity index (χ1n) is 4.90. The lowest BCUT2D eigenvalue weighted by atomic mass is 10.1. The van der Waals surface area contributed by atoms with Crippen LogP contribution < -0.4 is 0 Å². The SMILES string of the molecule is CCOC(=O)c1c(-c2ccoc2)noc1C. The van der Waals surface area contributed by atoms with Crippen molar-refractivity contribution in [1.29, 1.82) is 0 Å². The van der Waals surface area contributed by atoms with E-state index in [1.807, 2.05) is 0 Å². The summed E-state index contributed by atoms with van der Waals surface area (Å²) in [5.41, 5.74) is 1.49. The Morgan fingerprint density at radius 1 is 1.56 bits per heavy atom. The van der Waals surface area contributed by atoms with Gasteiger partial charge in [0.15, 0.2) is 0 Å². The number of carbonyl (C=O) groups is 1. The van der Waals surface area contributed by atoms with Gasteiger partial charge in [-0.05, 0) is 19.9 Å². The quantitative estimate of drug-likeness (QED) is 0.744. The predicted molar refractivity (Wildman–Crippen MR) is 54.9 cm³/mol. The van der Waals surface area contributed by atoms with Gasteiger partial charge in [-0.15, -0.1) is 0 Å². The number of nitrogens with zero attached hydrogens (tertiary/aromatic N) is 1.